The summed E-state index contributed by atoms with van der Waals surface area (Å²) in [6, 6.07) is 9.59. The molecule has 0 aromatic heterocycles. The van der Waals surface area contributed by atoms with Crippen LogP contribution in [0, 0.1) is 10.1 Å². The van der Waals surface area contributed by atoms with Crippen LogP contribution in [0.25, 0.3) is 5.03 Å². The third-order valence-corrected chi connectivity index (χ3v) is 6.09. The molecule has 28 heavy (non-hydrogen) atoms. The Morgan fingerprint density at radius 1 is 1.29 bits per heavy atom. The molecule has 0 saturated carbocycles. The van der Waals surface area contributed by atoms with Gasteiger partial charge in [0.15, 0.2) is 5.11 Å². The molecule has 1 aliphatic rings. The van der Waals surface area contributed by atoms with Crippen LogP contribution in [0.1, 0.15) is 5.56 Å². The number of rotatable bonds is 4. The first-order valence-electron chi connectivity index (χ1n) is 7.71. The van der Waals surface area contributed by atoms with Crippen LogP contribution in [-0.2, 0) is 0 Å². The highest BCUT2D eigenvalue weighted by Gasteiger charge is 2.20. The summed E-state index contributed by atoms with van der Waals surface area (Å²) >= 11 is 25.4. The third-order valence-electron chi connectivity index (χ3n) is 3.63. The van der Waals surface area contributed by atoms with E-state index in [2.05, 4.69) is 15.8 Å². The minimum Gasteiger partial charge on any atom is -0.326 e. The number of nitrogens with one attached hydrogen (secondary N) is 2. The minimum atomic E-state index is -0.494. The fraction of sp³-hybridized carbons (Fsp3) is 0.0588. The summed E-state index contributed by atoms with van der Waals surface area (Å²) in [5, 5.41) is 19.5. The van der Waals surface area contributed by atoms with Crippen LogP contribution in [-0.4, -0.2) is 22.0 Å². The third kappa shape index (κ3) is 4.76. The average molecular weight is 474 g/mol. The molecule has 1 aliphatic heterocycles. The maximum Gasteiger partial charge on any atom is 0.292 e. The van der Waals surface area contributed by atoms with Gasteiger partial charge in [-0.3, -0.25) is 15.5 Å². The summed E-state index contributed by atoms with van der Waals surface area (Å²) in [5.41, 5.74) is 4.31. The van der Waals surface area contributed by atoms with Crippen LogP contribution < -0.4 is 10.7 Å². The molecule has 0 radical (unpaired) electrons. The highest BCUT2D eigenvalue weighted by atomic mass is 35.5. The normalized spacial score (nSPS) is 13.4. The van der Waals surface area contributed by atoms with Gasteiger partial charge in [0.05, 0.1) is 21.2 Å². The summed E-state index contributed by atoms with van der Waals surface area (Å²) in [6.45, 7) is 0. The number of halogens is 3. The van der Waals surface area contributed by atoms with Gasteiger partial charge in [-0.05, 0) is 30.4 Å². The van der Waals surface area contributed by atoms with Crippen molar-refractivity contribution in [1.82, 2.24) is 5.43 Å². The molecule has 0 fully saturated rings. The Morgan fingerprint density at radius 3 is 2.79 bits per heavy atom. The molecule has 11 heteroatoms. The van der Waals surface area contributed by atoms with Crippen molar-refractivity contribution in [2.24, 2.45) is 5.10 Å². The zero-order valence-electron chi connectivity index (χ0n) is 13.9. The molecule has 0 unspecified atom stereocenters. The van der Waals surface area contributed by atoms with E-state index in [4.69, 9.17) is 47.0 Å². The van der Waals surface area contributed by atoms with E-state index in [1.165, 1.54) is 17.8 Å². The zero-order chi connectivity index (χ0) is 20.3. The minimum absolute atomic E-state index is 0.0876. The van der Waals surface area contributed by atoms with Gasteiger partial charge in [0, 0.05) is 32.9 Å². The van der Waals surface area contributed by atoms with Gasteiger partial charge in [-0.1, -0.05) is 46.9 Å². The molecular weight excluding hydrogens is 463 g/mol. The first-order valence-corrected chi connectivity index (χ1v) is 10.2. The molecule has 1 heterocycles. The highest BCUT2D eigenvalue weighted by Crippen LogP contribution is 2.43. The van der Waals surface area contributed by atoms with Crippen molar-refractivity contribution in [1.29, 1.82) is 0 Å². The Balaban J connectivity index is 1.71. The van der Waals surface area contributed by atoms with Crippen LogP contribution in [0.2, 0.25) is 10.0 Å². The Bertz CT molecular complexity index is 1030. The lowest BCUT2D eigenvalue weighted by atomic mass is 10.1. The molecule has 2 aromatic carbocycles. The van der Waals surface area contributed by atoms with E-state index >= 15 is 0 Å². The fourth-order valence-corrected chi connectivity index (χ4v) is 4.66. The van der Waals surface area contributed by atoms with E-state index in [0.717, 1.165) is 16.0 Å². The van der Waals surface area contributed by atoms with E-state index in [1.54, 1.807) is 36.5 Å². The molecule has 0 aliphatic carbocycles. The Hall–Kier alpha value is -1.84. The van der Waals surface area contributed by atoms with E-state index in [9.17, 15) is 10.1 Å². The summed E-state index contributed by atoms with van der Waals surface area (Å²) < 4.78 is 0. The molecule has 2 aromatic rings. The van der Waals surface area contributed by atoms with Gasteiger partial charge >= 0.3 is 0 Å². The van der Waals surface area contributed by atoms with Crippen LogP contribution >= 0.6 is 58.8 Å². The largest absolute Gasteiger partial charge is 0.326 e. The first-order chi connectivity index (χ1) is 13.4. The standard InChI is InChI=1S/C17H11Cl3N4O2S2/c18-10-5-11-15(20)9(8-28-16(11)12(19)6-10)7-21-23-17(27)22-13-3-1-2-4-14(13)24(25)26/h1-7H,8H2,(H2,22,23,27)/b21-7+. The number of hydrogen-bond donors (Lipinski definition) is 2. The second-order valence-corrected chi connectivity index (χ2v) is 8.11. The predicted molar refractivity (Wildman–Crippen MR) is 121 cm³/mol. The predicted octanol–water partition coefficient (Wildman–Crippen LogP) is 5.93. The van der Waals surface area contributed by atoms with Crippen molar-refractivity contribution >= 4 is 86.5 Å². The monoisotopic (exact) mass is 472 g/mol. The van der Waals surface area contributed by atoms with E-state index in [1.807, 2.05) is 0 Å². The van der Waals surface area contributed by atoms with Gasteiger partial charge in [-0.25, -0.2) is 0 Å². The molecule has 0 bridgehead atoms. The number of thiocarbonyl (C=S) groups is 1. The molecule has 0 amide bonds. The van der Waals surface area contributed by atoms with Gasteiger partial charge in [0.1, 0.15) is 5.69 Å². The second-order valence-electron chi connectivity index (χ2n) is 5.49. The number of nitrogens with zero attached hydrogens (tertiary/aromatic N) is 2. The summed E-state index contributed by atoms with van der Waals surface area (Å²) in [5.74, 6) is 0.572. The number of hydrogen-bond acceptors (Lipinski definition) is 5. The van der Waals surface area contributed by atoms with Crippen molar-refractivity contribution in [2.45, 2.75) is 4.90 Å². The van der Waals surface area contributed by atoms with Gasteiger partial charge in [0.25, 0.3) is 5.69 Å². The van der Waals surface area contributed by atoms with Gasteiger partial charge < -0.3 is 5.32 Å². The van der Waals surface area contributed by atoms with Crippen LogP contribution in [0.15, 0.2) is 52.0 Å². The smallest absolute Gasteiger partial charge is 0.292 e. The van der Waals surface area contributed by atoms with Crippen LogP contribution in [0.5, 0.6) is 0 Å². The van der Waals surface area contributed by atoms with Crippen LogP contribution in [0.3, 0.4) is 0 Å². The van der Waals surface area contributed by atoms with Gasteiger partial charge in [-0.15, -0.1) is 11.8 Å². The second kappa shape index (κ2) is 9.11. The molecule has 2 N–H and O–H groups in total. The van der Waals surface area contributed by atoms with E-state index < -0.39 is 4.92 Å². The molecular formula is C17H11Cl3N4O2S2. The highest BCUT2D eigenvalue weighted by molar-refractivity contribution is 7.99. The number of thioether (sulfide) groups is 1. The number of nitro benzene ring substituents is 1. The Morgan fingerprint density at radius 2 is 2.04 bits per heavy atom. The summed E-state index contributed by atoms with van der Waals surface area (Å²) in [4.78, 5) is 11.4. The lowest BCUT2D eigenvalue weighted by molar-refractivity contribution is -0.383. The number of nitro groups is 1. The van der Waals surface area contributed by atoms with Crippen molar-refractivity contribution in [3.05, 3.63) is 67.7 Å². The molecule has 0 saturated heterocycles. The summed E-state index contributed by atoms with van der Waals surface area (Å²) in [6.07, 6.45) is 1.54. The van der Waals surface area contributed by atoms with Crippen molar-refractivity contribution < 1.29 is 4.92 Å². The van der Waals surface area contributed by atoms with Gasteiger partial charge in [0.2, 0.25) is 0 Å². The molecule has 0 spiro atoms. The maximum atomic E-state index is 11.0. The average Bonchev–Trinajstić information content (AvgIpc) is 2.64. The number of anilines is 1. The zero-order valence-corrected chi connectivity index (χ0v) is 17.8. The number of benzene rings is 2. The van der Waals surface area contributed by atoms with Crippen molar-refractivity contribution in [3.8, 4) is 0 Å². The first kappa shape index (κ1) is 20.9. The van der Waals surface area contributed by atoms with Crippen molar-refractivity contribution in [2.75, 3.05) is 11.1 Å². The summed E-state index contributed by atoms with van der Waals surface area (Å²) in [7, 11) is 0. The Kier molecular flexibility index (Phi) is 6.79. The molecule has 6 nitrogen and oxygen atoms in total. The number of para-hydroxylation sites is 2. The molecule has 3 rings (SSSR count). The molecule has 144 valence electrons. The Labute approximate surface area is 185 Å². The lowest BCUT2D eigenvalue weighted by Crippen LogP contribution is -2.24. The fourth-order valence-electron chi connectivity index (χ4n) is 2.41. The van der Waals surface area contributed by atoms with Gasteiger partial charge in [-0.2, -0.15) is 5.10 Å². The van der Waals surface area contributed by atoms with E-state index in [-0.39, 0.29) is 16.5 Å². The quantitative estimate of drug-likeness (QED) is 0.248. The number of fused-ring (bicyclic) bond motifs is 1. The SMILES string of the molecule is O=[N+]([O-])c1ccccc1NC(=S)N/N=C/C1=C(Cl)c2cc(Cl)cc(Cl)c2SC1. The lowest BCUT2D eigenvalue weighted by Gasteiger charge is -2.18. The van der Waals surface area contributed by atoms with Crippen molar-refractivity contribution in [3.63, 3.8) is 0 Å². The topological polar surface area (TPSA) is 79.6 Å². The number of hydrazone groups is 1. The maximum absolute atomic E-state index is 11.0. The molecule has 0 atom stereocenters. The van der Waals surface area contributed by atoms with Crippen LogP contribution in [0.4, 0.5) is 11.4 Å². The van der Waals surface area contributed by atoms with E-state index in [0.29, 0.717) is 20.8 Å².